The van der Waals surface area contributed by atoms with Crippen LogP contribution in [0, 0.1) is 6.92 Å². The maximum atomic E-state index is 13.2. The molecule has 0 bridgehead atoms. The number of aryl methyl sites for hydroxylation is 1. The smallest absolute Gasteiger partial charge is 0.357 e. The molecule has 1 saturated carbocycles. The van der Waals surface area contributed by atoms with Crippen LogP contribution in [0.1, 0.15) is 40.0 Å². The SMILES string of the molecule is CNc1nccc(C2(N(C=O)c3cc(C(=O)Nc4ccc(Cl)c(C(F)(F)F)c4)ccc3C)CC2)n1. The summed E-state index contributed by atoms with van der Waals surface area (Å²) < 4.78 is 39.5. The molecule has 3 aromatic rings. The van der Waals surface area contributed by atoms with Crippen molar-refractivity contribution in [1.29, 1.82) is 0 Å². The van der Waals surface area contributed by atoms with E-state index in [1.807, 2.05) is 0 Å². The third-order valence-electron chi connectivity index (χ3n) is 5.91. The minimum Gasteiger partial charge on any atom is -0.357 e. The Kier molecular flexibility index (Phi) is 6.42. The first-order valence-electron chi connectivity index (χ1n) is 10.6. The highest BCUT2D eigenvalue weighted by molar-refractivity contribution is 6.31. The van der Waals surface area contributed by atoms with E-state index >= 15 is 0 Å². The molecule has 2 aromatic carbocycles. The number of alkyl halides is 3. The lowest BCUT2D eigenvalue weighted by Gasteiger charge is -2.29. The van der Waals surface area contributed by atoms with Gasteiger partial charge in [0.05, 0.1) is 21.8 Å². The van der Waals surface area contributed by atoms with Crippen molar-refractivity contribution in [1.82, 2.24) is 9.97 Å². The van der Waals surface area contributed by atoms with E-state index in [-0.39, 0.29) is 11.3 Å². The van der Waals surface area contributed by atoms with Gasteiger partial charge in [0.1, 0.15) is 0 Å². The zero-order valence-electron chi connectivity index (χ0n) is 18.8. The van der Waals surface area contributed by atoms with E-state index in [1.54, 1.807) is 49.3 Å². The average molecular weight is 504 g/mol. The number of anilines is 3. The molecule has 2 amide bonds. The van der Waals surface area contributed by atoms with Gasteiger partial charge in [-0.15, -0.1) is 0 Å². The first-order chi connectivity index (χ1) is 16.6. The molecule has 1 aliphatic carbocycles. The van der Waals surface area contributed by atoms with Gasteiger partial charge in [-0.05, 0) is 61.7 Å². The molecule has 4 rings (SSSR count). The number of halogens is 4. The van der Waals surface area contributed by atoms with Crippen molar-refractivity contribution in [2.75, 3.05) is 22.6 Å². The van der Waals surface area contributed by atoms with Crippen LogP contribution in [-0.2, 0) is 16.5 Å². The summed E-state index contributed by atoms with van der Waals surface area (Å²) in [6.07, 6.45) is -1.01. The number of amides is 2. The topological polar surface area (TPSA) is 87.2 Å². The molecule has 35 heavy (non-hydrogen) atoms. The number of hydrogen-bond donors (Lipinski definition) is 2. The molecule has 0 atom stereocenters. The van der Waals surface area contributed by atoms with Crippen LogP contribution in [0.2, 0.25) is 5.02 Å². The normalized spacial score (nSPS) is 14.2. The van der Waals surface area contributed by atoms with Crippen molar-refractivity contribution in [2.24, 2.45) is 0 Å². The molecule has 7 nitrogen and oxygen atoms in total. The largest absolute Gasteiger partial charge is 0.417 e. The van der Waals surface area contributed by atoms with Gasteiger partial charge in [0.25, 0.3) is 5.91 Å². The molecule has 1 heterocycles. The molecule has 2 N–H and O–H groups in total. The zero-order valence-corrected chi connectivity index (χ0v) is 19.5. The Labute approximate surface area is 204 Å². The summed E-state index contributed by atoms with van der Waals surface area (Å²) in [5.41, 5.74) is 0.314. The van der Waals surface area contributed by atoms with E-state index in [2.05, 4.69) is 20.6 Å². The van der Waals surface area contributed by atoms with Gasteiger partial charge in [-0.2, -0.15) is 13.2 Å². The minimum atomic E-state index is -4.66. The number of nitrogens with one attached hydrogen (secondary N) is 2. The number of hydrogen-bond acceptors (Lipinski definition) is 5. The molecule has 1 fully saturated rings. The first kappa shape index (κ1) is 24.5. The van der Waals surface area contributed by atoms with Gasteiger partial charge >= 0.3 is 6.18 Å². The summed E-state index contributed by atoms with van der Waals surface area (Å²) in [6, 6.07) is 9.65. The zero-order chi connectivity index (χ0) is 25.4. The minimum absolute atomic E-state index is 0.0552. The lowest BCUT2D eigenvalue weighted by atomic mass is 10.0. The van der Waals surface area contributed by atoms with Crippen molar-refractivity contribution >= 4 is 41.2 Å². The second-order valence-corrected chi connectivity index (χ2v) is 8.58. The van der Waals surface area contributed by atoms with Crippen molar-refractivity contribution in [3.05, 3.63) is 76.1 Å². The molecule has 182 valence electrons. The van der Waals surface area contributed by atoms with Crippen molar-refractivity contribution in [2.45, 2.75) is 31.5 Å². The molecule has 1 aliphatic rings. The third-order valence-corrected chi connectivity index (χ3v) is 6.24. The fraction of sp³-hybridized carbons (Fsp3) is 0.250. The number of aromatic nitrogens is 2. The van der Waals surface area contributed by atoms with Gasteiger partial charge < -0.3 is 15.5 Å². The summed E-state index contributed by atoms with van der Waals surface area (Å²) >= 11 is 5.66. The maximum absolute atomic E-state index is 13.2. The molecule has 0 spiro atoms. The lowest BCUT2D eigenvalue weighted by molar-refractivity contribution is -0.137. The Hall–Kier alpha value is -3.66. The second-order valence-electron chi connectivity index (χ2n) is 8.17. The molecule has 1 aromatic heterocycles. The van der Waals surface area contributed by atoms with Gasteiger partial charge in [-0.1, -0.05) is 17.7 Å². The van der Waals surface area contributed by atoms with Crippen LogP contribution in [-0.4, -0.2) is 29.3 Å². The highest BCUT2D eigenvalue weighted by Crippen LogP contribution is 2.52. The quantitative estimate of drug-likeness (QED) is 0.421. The monoisotopic (exact) mass is 503 g/mol. The molecule has 0 saturated heterocycles. The third kappa shape index (κ3) is 4.79. The van der Waals surface area contributed by atoms with E-state index in [1.165, 1.54) is 6.07 Å². The fourth-order valence-electron chi connectivity index (χ4n) is 3.90. The van der Waals surface area contributed by atoms with Crippen LogP contribution in [0.3, 0.4) is 0 Å². The highest BCUT2D eigenvalue weighted by atomic mass is 35.5. The van der Waals surface area contributed by atoms with Gasteiger partial charge in [-0.25, -0.2) is 9.97 Å². The number of nitrogens with zero attached hydrogens (tertiary/aromatic N) is 3. The Morgan fingerprint density at radius 2 is 1.91 bits per heavy atom. The van der Waals surface area contributed by atoms with Crippen molar-refractivity contribution in [3.8, 4) is 0 Å². The fourth-order valence-corrected chi connectivity index (χ4v) is 4.12. The van der Waals surface area contributed by atoms with Crippen molar-refractivity contribution in [3.63, 3.8) is 0 Å². The van der Waals surface area contributed by atoms with Crippen molar-refractivity contribution < 1.29 is 22.8 Å². The second kappa shape index (κ2) is 9.18. The van der Waals surface area contributed by atoms with E-state index in [9.17, 15) is 22.8 Å². The molecule has 0 radical (unpaired) electrons. The lowest BCUT2D eigenvalue weighted by Crippen LogP contribution is -2.36. The van der Waals surface area contributed by atoms with Gasteiger partial charge in [0, 0.05) is 30.2 Å². The Morgan fingerprint density at radius 3 is 2.54 bits per heavy atom. The summed E-state index contributed by atoms with van der Waals surface area (Å²) in [4.78, 5) is 35.3. The van der Waals surface area contributed by atoms with Crippen LogP contribution >= 0.6 is 11.6 Å². The summed E-state index contributed by atoms with van der Waals surface area (Å²) in [6.45, 7) is 1.80. The highest BCUT2D eigenvalue weighted by Gasteiger charge is 2.52. The van der Waals surface area contributed by atoms with E-state index in [4.69, 9.17) is 11.6 Å². The van der Waals surface area contributed by atoms with Gasteiger partial charge in [-0.3, -0.25) is 9.59 Å². The Bertz CT molecular complexity index is 1290. The number of benzene rings is 2. The molecule has 0 unspecified atom stereocenters. The maximum Gasteiger partial charge on any atom is 0.417 e. The number of rotatable bonds is 7. The molecule has 11 heteroatoms. The number of carbonyl (C=O) groups is 2. The van der Waals surface area contributed by atoms with E-state index < -0.39 is 28.2 Å². The summed E-state index contributed by atoms with van der Waals surface area (Å²) in [5.74, 6) is -0.206. The Morgan fingerprint density at radius 1 is 1.17 bits per heavy atom. The van der Waals surface area contributed by atoms with E-state index in [0.717, 1.165) is 17.7 Å². The summed E-state index contributed by atoms with van der Waals surface area (Å²) in [7, 11) is 1.70. The van der Waals surface area contributed by atoms with Crippen LogP contribution in [0.4, 0.5) is 30.5 Å². The summed E-state index contributed by atoms with van der Waals surface area (Å²) in [5, 5.41) is 4.89. The Balaban J connectivity index is 1.65. The van der Waals surface area contributed by atoms with E-state index in [0.29, 0.717) is 36.6 Å². The number of carbonyl (C=O) groups excluding carboxylic acids is 2. The molecule has 0 aliphatic heterocycles. The van der Waals surface area contributed by atoms with Gasteiger partial charge in [0.15, 0.2) is 0 Å². The van der Waals surface area contributed by atoms with Gasteiger partial charge in [0.2, 0.25) is 12.4 Å². The van der Waals surface area contributed by atoms with Crippen LogP contribution in [0.5, 0.6) is 0 Å². The first-order valence-corrected chi connectivity index (χ1v) is 11.0. The van der Waals surface area contributed by atoms with Crippen LogP contribution in [0.25, 0.3) is 0 Å². The average Bonchev–Trinajstić information content (AvgIpc) is 3.63. The molecular formula is C24H21ClF3N5O2. The van der Waals surface area contributed by atoms with Crippen LogP contribution < -0.4 is 15.5 Å². The predicted octanol–water partition coefficient (Wildman–Crippen LogP) is 5.40. The van der Waals surface area contributed by atoms with Crippen LogP contribution in [0.15, 0.2) is 48.7 Å². The molecular weight excluding hydrogens is 483 g/mol. The predicted molar refractivity (Wildman–Crippen MR) is 127 cm³/mol. The standard InChI is InChI=1S/C24H21ClF3N5O2/c1-14-3-4-15(21(35)31-16-5-6-18(25)17(12-16)24(26,27)28)11-19(14)33(13-34)23(8-9-23)20-7-10-30-22(29-2)32-20/h3-7,10-13H,8-9H2,1-2H3,(H,31,35)(H,29,30,32).